The van der Waals surface area contributed by atoms with Crippen LogP contribution in [0.2, 0.25) is 0 Å². The van der Waals surface area contributed by atoms with Crippen molar-refractivity contribution < 1.29 is 31.1 Å². The van der Waals surface area contributed by atoms with E-state index in [1.54, 1.807) is 0 Å². The first-order valence-electron chi connectivity index (χ1n) is 5.20. The number of halogens is 3. The van der Waals surface area contributed by atoms with Gasteiger partial charge >= 0.3 is 12.1 Å². The fourth-order valence-electron chi connectivity index (χ4n) is 1.01. The molecular formula is C9H15F3N2O4S. The van der Waals surface area contributed by atoms with Gasteiger partial charge in [0.05, 0.1) is 6.61 Å². The van der Waals surface area contributed by atoms with Crippen LogP contribution in [-0.4, -0.2) is 51.1 Å². The summed E-state index contributed by atoms with van der Waals surface area (Å²) < 4.78 is 65.4. The summed E-state index contributed by atoms with van der Waals surface area (Å²) in [5, 5.41) is 0. The molecule has 0 aromatic carbocycles. The zero-order valence-electron chi connectivity index (χ0n) is 10.2. The van der Waals surface area contributed by atoms with Crippen LogP contribution in [0.25, 0.3) is 0 Å². The van der Waals surface area contributed by atoms with E-state index in [-0.39, 0.29) is 13.2 Å². The van der Waals surface area contributed by atoms with Gasteiger partial charge in [0, 0.05) is 6.54 Å². The zero-order chi connectivity index (χ0) is 15.1. The number of nitrogens with zero attached hydrogens (tertiary/aromatic N) is 1. The molecule has 0 radical (unpaired) electrons. The molecule has 0 aliphatic rings. The summed E-state index contributed by atoms with van der Waals surface area (Å²) in [6.07, 6.45) is -3.54. The third-order valence-corrected chi connectivity index (χ3v) is 3.21. The van der Waals surface area contributed by atoms with E-state index in [1.807, 2.05) is 0 Å². The van der Waals surface area contributed by atoms with Crippen molar-refractivity contribution in [3.05, 3.63) is 12.7 Å². The van der Waals surface area contributed by atoms with Crippen molar-refractivity contribution in [2.75, 3.05) is 26.2 Å². The molecule has 112 valence electrons. The Morgan fingerprint density at radius 1 is 1.47 bits per heavy atom. The van der Waals surface area contributed by atoms with Gasteiger partial charge in [-0.05, 0) is 6.92 Å². The number of ether oxygens (including phenoxy) is 1. The quantitative estimate of drug-likeness (QED) is 0.521. The second kappa shape index (κ2) is 7.46. The highest BCUT2D eigenvalue weighted by Gasteiger charge is 2.32. The molecule has 0 aliphatic heterocycles. The Morgan fingerprint density at radius 2 is 2.05 bits per heavy atom. The molecule has 0 aromatic heterocycles. The minimum absolute atomic E-state index is 0.0385. The van der Waals surface area contributed by atoms with Gasteiger partial charge < -0.3 is 4.74 Å². The highest BCUT2D eigenvalue weighted by Crippen LogP contribution is 2.13. The molecule has 0 fully saturated rings. The largest absolute Gasteiger partial charge is 0.465 e. The van der Waals surface area contributed by atoms with Crippen LogP contribution in [0.5, 0.6) is 0 Å². The Labute approximate surface area is 109 Å². The summed E-state index contributed by atoms with van der Waals surface area (Å²) in [5.74, 6) is -0.860. The van der Waals surface area contributed by atoms with E-state index in [1.165, 1.54) is 11.6 Å². The summed E-state index contributed by atoms with van der Waals surface area (Å²) >= 11 is 0. The predicted molar refractivity (Wildman–Crippen MR) is 61.4 cm³/mol. The Hall–Kier alpha value is -1.13. The minimum atomic E-state index is -4.68. The molecule has 10 heteroatoms. The summed E-state index contributed by atoms with van der Waals surface area (Å²) in [6, 6.07) is 0. The van der Waals surface area contributed by atoms with E-state index in [0.29, 0.717) is 4.31 Å². The van der Waals surface area contributed by atoms with E-state index in [2.05, 4.69) is 11.3 Å². The lowest BCUT2D eigenvalue weighted by molar-refractivity contribution is -0.143. The molecule has 0 bridgehead atoms. The lowest BCUT2D eigenvalue weighted by Gasteiger charge is -2.20. The first kappa shape index (κ1) is 17.9. The van der Waals surface area contributed by atoms with Gasteiger partial charge in [0.2, 0.25) is 0 Å². The van der Waals surface area contributed by atoms with Crippen LogP contribution in [0, 0.1) is 0 Å². The van der Waals surface area contributed by atoms with E-state index < -0.39 is 35.4 Å². The average molecular weight is 304 g/mol. The third kappa shape index (κ3) is 7.80. The fraction of sp³-hybridized carbons (Fsp3) is 0.667. The maximum absolute atomic E-state index is 12.0. The van der Waals surface area contributed by atoms with Crippen molar-refractivity contribution in [1.29, 1.82) is 0 Å². The van der Waals surface area contributed by atoms with Gasteiger partial charge in [-0.3, -0.25) is 4.79 Å². The van der Waals surface area contributed by atoms with E-state index >= 15 is 0 Å². The van der Waals surface area contributed by atoms with Crippen molar-refractivity contribution >= 4 is 16.2 Å². The number of rotatable bonds is 8. The lowest BCUT2D eigenvalue weighted by Crippen LogP contribution is -2.46. The molecule has 0 heterocycles. The smallest absolute Gasteiger partial charge is 0.402 e. The SMILES string of the molecule is C=CCN(CC(=O)OCC)S(=O)(=O)NCC(F)(F)F. The number of alkyl halides is 3. The van der Waals surface area contributed by atoms with Crippen LogP contribution in [0.4, 0.5) is 13.2 Å². The number of carbonyl (C=O) groups is 1. The molecule has 0 spiro atoms. The molecule has 0 aromatic rings. The molecule has 19 heavy (non-hydrogen) atoms. The summed E-state index contributed by atoms with van der Waals surface area (Å²) in [7, 11) is -4.44. The van der Waals surface area contributed by atoms with Gasteiger partial charge in [-0.1, -0.05) is 6.08 Å². The zero-order valence-corrected chi connectivity index (χ0v) is 11.1. The monoisotopic (exact) mass is 304 g/mol. The average Bonchev–Trinajstić information content (AvgIpc) is 2.25. The van der Waals surface area contributed by atoms with Crippen LogP contribution in [0.15, 0.2) is 12.7 Å². The molecule has 1 N–H and O–H groups in total. The number of hydrogen-bond acceptors (Lipinski definition) is 4. The summed E-state index contributed by atoms with van der Waals surface area (Å²) in [6.45, 7) is 2.11. The van der Waals surface area contributed by atoms with Crippen molar-refractivity contribution in [2.45, 2.75) is 13.1 Å². The first-order valence-corrected chi connectivity index (χ1v) is 6.64. The second-order valence-corrected chi connectivity index (χ2v) is 5.08. The molecule has 0 aliphatic carbocycles. The predicted octanol–water partition coefficient (Wildman–Crippen LogP) is 0.434. The fourth-order valence-corrected chi connectivity index (χ4v) is 2.11. The molecular weight excluding hydrogens is 289 g/mol. The Kier molecular flexibility index (Phi) is 7.01. The topological polar surface area (TPSA) is 75.7 Å². The van der Waals surface area contributed by atoms with Crippen molar-refractivity contribution in [3.63, 3.8) is 0 Å². The van der Waals surface area contributed by atoms with Gasteiger partial charge in [0.1, 0.15) is 13.1 Å². The van der Waals surface area contributed by atoms with Gasteiger partial charge in [0.25, 0.3) is 10.2 Å². The van der Waals surface area contributed by atoms with Crippen LogP contribution >= 0.6 is 0 Å². The van der Waals surface area contributed by atoms with Crippen LogP contribution in [-0.2, 0) is 19.7 Å². The van der Waals surface area contributed by atoms with Crippen molar-refractivity contribution in [3.8, 4) is 0 Å². The van der Waals surface area contributed by atoms with Gasteiger partial charge in [-0.15, -0.1) is 6.58 Å². The molecule has 0 saturated carbocycles. The van der Waals surface area contributed by atoms with Gasteiger partial charge in [0.15, 0.2) is 0 Å². The number of nitrogens with one attached hydrogen (secondary N) is 1. The van der Waals surface area contributed by atoms with E-state index in [9.17, 15) is 26.4 Å². The van der Waals surface area contributed by atoms with Crippen molar-refractivity contribution in [2.24, 2.45) is 0 Å². The summed E-state index contributed by atoms with van der Waals surface area (Å²) in [5.41, 5.74) is 0. The Bertz CT molecular complexity index is 408. The Morgan fingerprint density at radius 3 is 2.47 bits per heavy atom. The molecule has 0 amide bonds. The lowest BCUT2D eigenvalue weighted by atomic mass is 10.5. The molecule has 6 nitrogen and oxygen atoms in total. The normalized spacial score (nSPS) is 12.5. The second-order valence-electron chi connectivity index (χ2n) is 3.33. The maximum atomic E-state index is 12.0. The minimum Gasteiger partial charge on any atom is -0.465 e. The molecule has 0 unspecified atom stereocenters. The number of hydrogen-bond donors (Lipinski definition) is 1. The Balaban J connectivity index is 4.75. The third-order valence-electron chi connectivity index (χ3n) is 1.74. The van der Waals surface area contributed by atoms with Crippen LogP contribution < -0.4 is 4.72 Å². The molecule has 0 atom stereocenters. The molecule has 0 saturated heterocycles. The molecule has 0 rings (SSSR count). The van der Waals surface area contributed by atoms with Gasteiger partial charge in [-0.25, -0.2) is 0 Å². The van der Waals surface area contributed by atoms with E-state index in [0.717, 1.165) is 6.08 Å². The highest BCUT2D eigenvalue weighted by molar-refractivity contribution is 7.87. The van der Waals surface area contributed by atoms with Crippen LogP contribution in [0.1, 0.15) is 6.92 Å². The summed E-state index contributed by atoms with van der Waals surface area (Å²) in [4.78, 5) is 11.2. The number of esters is 1. The van der Waals surface area contributed by atoms with Crippen molar-refractivity contribution in [1.82, 2.24) is 9.03 Å². The standard InChI is InChI=1S/C9H15F3N2O4S/c1-3-5-14(6-8(15)18-4-2)19(16,17)13-7-9(10,11)12/h3,13H,1,4-7H2,2H3. The van der Waals surface area contributed by atoms with Crippen LogP contribution in [0.3, 0.4) is 0 Å². The first-order chi connectivity index (χ1) is 8.62. The van der Waals surface area contributed by atoms with Gasteiger partial charge in [-0.2, -0.15) is 30.6 Å². The number of carbonyl (C=O) groups excluding carboxylic acids is 1. The maximum Gasteiger partial charge on any atom is 0.402 e. The van der Waals surface area contributed by atoms with E-state index in [4.69, 9.17) is 0 Å². The highest BCUT2D eigenvalue weighted by atomic mass is 32.2.